The van der Waals surface area contributed by atoms with E-state index in [9.17, 15) is 19.7 Å². The van der Waals surface area contributed by atoms with Crippen LogP contribution in [0.4, 0.5) is 5.82 Å². The second-order valence-corrected chi connectivity index (χ2v) is 6.67. The van der Waals surface area contributed by atoms with Crippen LogP contribution in [0.25, 0.3) is 10.9 Å². The van der Waals surface area contributed by atoms with E-state index in [1.165, 1.54) is 6.33 Å². The molecule has 0 saturated heterocycles. The van der Waals surface area contributed by atoms with Crippen molar-refractivity contribution in [3.63, 3.8) is 0 Å². The van der Waals surface area contributed by atoms with Crippen LogP contribution in [0.15, 0.2) is 24.5 Å². The number of benzene rings is 1. The average Bonchev–Trinajstić information content (AvgIpc) is 2.83. The Bertz CT molecular complexity index is 1010. The highest BCUT2D eigenvalue weighted by Gasteiger charge is 2.19. The minimum absolute atomic E-state index is 0.137. The first-order chi connectivity index (χ1) is 16.7. The molecule has 0 unspecified atom stereocenters. The lowest BCUT2D eigenvalue weighted by Crippen LogP contribution is -2.06. The van der Waals surface area contributed by atoms with Crippen LogP contribution in [-0.2, 0) is 14.4 Å². The molecule has 0 atom stereocenters. The van der Waals surface area contributed by atoms with Gasteiger partial charge in [-0.05, 0) is 18.9 Å². The number of hydrogen-bond acceptors (Lipinski definition) is 11. The minimum atomic E-state index is -1.26. The van der Waals surface area contributed by atoms with Crippen LogP contribution in [0.5, 0.6) is 17.2 Å². The Morgan fingerprint density at radius 1 is 1.00 bits per heavy atom. The van der Waals surface area contributed by atoms with Crippen molar-refractivity contribution >= 4 is 28.7 Å². The van der Waals surface area contributed by atoms with Crippen molar-refractivity contribution in [2.24, 2.45) is 0 Å². The summed E-state index contributed by atoms with van der Waals surface area (Å²) in [4.78, 5) is 42.1. The van der Waals surface area contributed by atoms with Crippen molar-refractivity contribution in [2.75, 3.05) is 39.8 Å². The molecule has 0 fully saturated rings. The summed E-state index contributed by atoms with van der Waals surface area (Å²) in [6.07, 6.45) is 5.93. The van der Waals surface area contributed by atoms with Gasteiger partial charge in [0.05, 0.1) is 33.3 Å². The van der Waals surface area contributed by atoms with Crippen LogP contribution in [0.3, 0.4) is 0 Å². The number of hydrogen-bond donors (Lipinski definition) is 3. The van der Waals surface area contributed by atoms with Crippen LogP contribution < -0.4 is 19.5 Å². The third-order valence-corrected chi connectivity index (χ3v) is 4.36. The molecule has 35 heavy (non-hydrogen) atoms. The quantitative estimate of drug-likeness (QED) is 0.150. The van der Waals surface area contributed by atoms with Gasteiger partial charge in [0.25, 0.3) is 5.09 Å². The predicted molar refractivity (Wildman–Crippen MR) is 124 cm³/mol. The SMILES string of the molecule is COc1cc2c(NCCCCCCO[N+](=O)[O-])ncnc2c(OC)c1OC.O=C(O)C=CC(=O)O. The molecule has 1 heterocycles. The van der Waals surface area contributed by atoms with Crippen LogP contribution >= 0.6 is 0 Å². The Morgan fingerprint density at radius 2 is 1.63 bits per heavy atom. The molecule has 14 heteroatoms. The van der Waals surface area contributed by atoms with Crippen molar-refractivity contribution in [3.05, 3.63) is 34.7 Å². The summed E-state index contributed by atoms with van der Waals surface area (Å²) in [5.74, 6) is -0.335. The maximum Gasteiger partial charge on any atom is 0.328 e. The van der Waals surface area contributed by atoms with Crippen molar-refractivity contribution in [2.45, 2.75) is 25.7 Å². The number of unbranched alkanes of at least 4 members (excludes halogenated alkanes) is 3. The number of aromatic nitrogens is 2. The first-order valence-electron chi connectivity index (χ1n) is 10.3. The number of carboxylic acids is 2. The zero-order chi connectivity index (χ0) is 26.2. The number of carbonyl (C=O) groups is 2. The van der Waals surface area contributed by atoms with Crippen molar-refractivity contribution in [1.29, 1.82) is 0 Å². The molecule has 2 aromatic rings. The Kier molecular flexibility index (Phi) is 12.7. The fourth-order valence-electron chi connectivity index (χ4n) is 2.87. The second-order valence-electron chi connectivity index (χ2n) is 6.67. The zero-order valence-electron chi connectivity index (χ0n) is 19.6. The zero-order valence-corrected chi connectivity index (χ0v) is 19.6. The highest BCUT2D eigenvalue weighted by atomic mass is 16.9. The number of rotatable bonds is 14. The van der Waals surface area contributed by atoms with Crippen molar-refractivity contribution in [3.8, 4) is 17.2 Å². The molecule has 1 aromatic carbocycles. The number of aliphatic carboxylic acids is 2. The number of carboxylic acid groups (broad SMARTS) is 2. The van der Waals surface area contributed by atoms with E-state index >= 15 is 0 Å². The van der Waals surface area contributed by atoms with Crippen molar-refractivity contribution in [1.82, 2.24) is 9.97 Å². The molecule has 1 aromatic heterocycles. The lowest BCUT2D eigenvalue weighted by atomic mass is 10.1. The molecule has 192 valence electrons. The number of nitrogens with zero attached hydrogens (tertiary/aromatic N) is 3. The molecule has 0 amide bonds. The minimum Gasteiger partial charge on any atom is -0.493 e. The highest BCUT2D eigenvalue weighted by molar-refractivity contribution is 5.96. The van der Waals surface area contributed by atoms with Gasteiger partial charge in [-0.3, -0.25) is 0 Å². The van der Waals surface area contributed by atoms with E-state index in [1.807, 2.05) is 6.07 Å². The van der Waals surface area contributed by atoms with Gasteiger partial charge in [0.15, 0.2) is 11.5 Å². The number of fused-ring (bicyclic) bond motifs is 1. The van der Waals surface area contributed by atoms with E-state index in [0.717, 1.165) is 24.6 Å². The van der Waals surface area contributed by atoms with E-state index in [1.54, 1.807) is 21.3 Å². The van der Waals surface area contributed by atoms with Crippen LogP contribution in [0, 0.1) is 10.1 Å². The number of ether oxygens (including phenoxy) is 3. The Balaban J connectivity index is 0.000000658. The number of methoxy groups -OCH3 is 3. The van der Waals surface area contributed by atoms with Gasteiger partial charge in [-0.1, -0.05) is 12.8 Å². The summed E-state index contributed by atoms with van der Waals surface area (Å²) in [6, 6.07) is 1.81. The number of anilines is 1. The predicted octanol–water partition coefficient (Wildman–Crippen LogP) is 2.55. The Hall–Kier alpha value is -4.36. The standard InChI is InChI=1S/C17H24N4O6.C4H4O4/c1-24-13-10-12-14(16(26-3)15(13)25-2)19-11-20-17(12)18-8-6-4-5-7-9-27-21(22)23;5-3(6)1-2-4(7)8/h10-11H,4-9H2,1-3H3,(H,18,19,20);1-2H,(H,5,6)(H,7,8). The van der Waals surface area contributed by atoms with Gasteiger partial charge in [0, 0.05) is 18.7 Å². The van der Waals surface area contributed by atoms with Gasteiger partial charge < -0.3 is 34.6 Å². The van der Waals surface area contributed by atoms with Gasteiger partial charge in [0.2, 0.25) is 5.75 Å². The van der Waals surface area contributed by atoms with Crippen LogP contribution in [0.2, 0.25) is 0 Å². The largest absolute Gasteiger partial charge is 0.493 e. The molecular weight excluding hydrogens is 468 g/mol. The average molecular weight is 496 g/mol. The van der Waals surface area contributed by atoms with E-state index in [-0.39, 0.29) is 6.61 Å². The summed E-state index contributed by atoms with van der Waals surface area (Å²) in [6.45, 7) is 0.845. The van der Waals surface area contributed by atoms with E-state index in [4.69, 9.17) is 24.4 Å². The lowest BCUT2D eigenvalue weighted by molar-refractivity contribution is -0.757. The molecule has 0 saturated carbocycles. The van der Waals surface area contributed by atoms with Gasteiger partial charge in [-0.15, -0.1) is 10.1 Å². The highest BCUT2D eigenvalue weighted by Crippen LogP contribution is 2.43. The first kappa shape index (κ1) is 28.7. The third kappa shape index (κ3) is 9.98. The molecule has 0 radical (unpaired) electrons. The van der Waals surface area contributed by atoms with E-state index in [2.05, 4.69) is 20.1 Å². The van der Waals surface area contributed by atoms with Gasteiger partial charge in [-0.2, -0.15) is 0 Å². The summed E-state index contributed by atoms with van der Waals surface area (Å²) < 4.78 is 16.2. The molecule has 0 aliphatic carbocycles. The van der Waals surface area contributed by atoms with Crippen molar-refractivity contribution < 1.29 is 43.9 Å². The summed E-state index contributed by atoms with van der Waals surface area (Å²) in [7, 11) is 4.65. The van der Waals surface area contributed by atoms with E-state index < -0.39 is 17.0 Å². The summed E-state index contributed by atoms with van der Waals surface area (Å²) >= 11 is 0. The number of nitrogens with one attached hydrogen (secondary N) is 1. The van der Waals surface area contributed by atoms with Gasteiger partial charge in [-0.25, -0.2) is 19.6 Å². The summed E-state index contributed by atoms with van der Waals surface area (Å²) in [5.41, 5.74) is 0.629. The van der Waals surface area contributed by atoms with Gasteiger partial charge >= 0.3 is 11.9 Å². The molecule has 0 bridgehead atoms. The third-order valence-electron chi connectivity index (χ3n) is 4.36. The monoisotopic (exact) mass is 496 g/mol. The Morgan fingerprint density at radius 3 is 2.17 bits per heavy atom. The fourth-order valence-corrected chi connectivity index (χ4v) is 2.87. The molecule has 3 N–H and O–H groups in total. The first-order valence-corrected chi connectivity index (χ1v) is 10.3. The fraction of sp³-hybridized carbons (Fsp3) is 0.429. The topological polar surface area (TPSA) is 192 Å². The molecule has 14 nitrogen and oxygen atoms in total. The molecule has 0 spiro atoms. The Labute approximate surface area is 200 Å². The molecule has 0 aliphatic heterocycles. The maximum atomic E-state index is 10.1. The lowest BCUT2D eigenvalue weighted by Gasteiger charge is -2.15. The van der Waals surface area contributed by atoms with Crippen LogP contribution in [0.1, 0.15) is 25.7 Å². The second kappa shape index (κ2) is 15.5. The van der Waals surface area contributed by atoms with Crippen LogP contribution in [-0.4, -0.2) is 71.7 Å². The summed E-state index contributed by atoms with van der Waals surface area (Å²) in [5, 5.41) is 29.0. The van der Waals surface area contributed by atoms with Gasteiger partial charge in [0.1, 0.15) is 17.7 Å². The van der Waals surface area contributed by atoms with E-state index in [0.29, 0.717) is 53.7 Å². The molecule has 0 aliphatic rings. The molecular formula is C21H28N4O10. The smallest absolute Gasteiger partial charge is 0.328 e. The molecule has 2 rings (SSSR count). The maximum absolute atomic E-state index is 10.1. The normalized spacial score (nSPS) is 10.3.